The number of hydrogen-bond donors (Lipinski definition) is 1. The second-order valence-electron chi connectivity index (χ2n) is 3.94. The number of nitrogens with zero attached hydrogens (tertiary/aromatic N) is 1. The van der Waals surface area contributed by atoms with E-state index in [4.69, 9.17) is 5.11 Å². The smallest absolute Gasteiger partial charge is 0.341 e. The highest BCUT2D eigenvalue weighted by molar-refractivity contribution is 5.87. The summed E-state index contributed by atoms with van der Waals surface area (Å²) < 4.78 is 1.56. The molecule has 0 aliphatic rings. The summed E-state index contributed by atoms with van der Waals surface area (Å²) in [7, 11) is 0. The van der Waals surface area contributed by atoms with Crippen molar-refractivity contribution < 1.29 is 9.90 Å². The van der Waals surface area contributed by atoms with E-state index >= 15 is 0 Å². The molecule has 0 saturated heterocycles. The molecule has 0 aromatic carbocycles. The first-order valence-corrected chi connectivity index (χ1v) is 5.43. The average Bonchev–Trinajstić information content (AvgIpc) is 2.23. The van der Waals surface area contributed by atoms with Gasteiger partial charge in [0, 0.05) is 12.2 Å². The maximum absolute atomic E-state index is 11.9. The van der Waals surface area contributed by atoms with Gasteiger partial charge >= 0.3 is 5.97 Å². The Hall–Kier alpha value is -1.58. The maximum atomic E-state index is 11.9. The van der Waals surface area contributed by atoms with Gasteiger partial charge in [0.05, 0.1) is 0 Å². The van der Waals surface area contributed by atoms with Crippen LogP contribution in [0, 0.1) is 13.8 Å². The lowest BCUT2D eigenvalue weighted by Crippen LogP contribution is -2.28. The van der Waals surface area contributed by atoms with Crippen LogP contribution in [0.4, 0.5) is 0 Å². The van der Waals surface area contributed by atoms with Gasteiger partial charge in [0.15, 0.2) is 0 Å². The first kappa shape index (κ1) is 12.5. The molecule has 0 spiro atoms. The van der Waals surface area contributed by atoms with Gasteiger partial charge in [0.25, 0.3) is 5.56 Å². The zero-order chi connectivity index (χ0) is 12.3. The van der Waals surface area contributed by atoms with E-state index in [-0.39, 0.29) is 5.56 Å². The van der Waals surface area contributed by atoms with E-state index in [1.165, 1.54) is 6.07 Å². The van der Waals surface area contributed by atoms with Crippen molar-refractivity contribution in [1.29, 1.82) is 0 Å². The first-order chi connectivity index (χ1) is 7.49. The Bertz CT molecular complexity index is 460. The van der Waals surface area contributed by atoms with Gasteiger partial charge in [-0.1, -0.05) is 13.3 Å². The predicted molar refractivity (Wildman–Crippen MR) is 62.0 cm³/mol. The lowest BCUT2D eigenvalue weighted by Gasteiger charge is -2.12. The number of rotatable bonds is 4. The predicted octanol–water partition coefficient (Wildman–Crippen LogP) is 1.96. The van der Waals surface area contributed by atoms with Crippen molar-refractivity contribution in [2.24, 2.45) is 0 Å². The van der Waals surface area contributed by atoms with Crippen LogP contribution in [0.3, 0.4) is 0 Å². The van der Waals surface area contributed by atoms with Gasteiger partial charge < -0.3 is 9.67 Å². The molecule has 1 N–H and O–H groups in total. The van der Waals surface area contributed by atoms with Gasteiger partial charge in [-0.3, -0.25) is 4.79 Å². The summed E-state index contributed by atoms with van der Waals surface area (Å²) in [6.45, 7) is 6.29. The zero-order valence-electron chi connectivity index (χ0n) is 9.91. The zero-order valence-corrected chi connectivity index (χ0v) is 9.91. The number of hydrogen-bond acceptors (Lipinski definition) is 2. The highest BCUT2D eigenvalue weighted by Crippen LogP contribution is 2.07. The fourth-order valence-electron chi connectivity index (χ4n) is 1.63. The van der Waals surface area contributed by atoms with Crippen molar-refractivity contribution in [1.82, 2.24) is 4.57 Å². The van der Waals surface area contributed by atoms with Crippen LogP contribution in [-0.4, -0.2) is 15.6 Å². The standard InChI is InChI=1S/C12H17NO3/c1-4-5-6-13-9(3)8(2)7-10(11(13)14)12(15)16/h7H,4-6H2,1-3H3,(H,15,16). The van der Waals surface area contributed by atoms with Gasteiger partial charge in [0.1, 0.15) is 5.56 Å². The number of aryl methyl sites for hydroxylation is 1. The van der Waals surface area contributed by atoms with Crippen LogP contribution in [-0.2, 0) is 6.54 Å². The van der Waals surface area contributed by atoms with Gasteiger partial charge in [-0.05, 0) is 31.9 Å². The Labute approximate surface area is 94.5 Å². The molecule has 1 heterocycles. The quantitative estimate of drug-likeness (QED) is 0.848. The van der Waals surface area contributed by atoms with E-state index in [1.807, 2.05) is 20.8 Å². The molecule has 0 radical (unpaired) electrons. The van der Waals surface area contributed by atoms with E-state index in [9.17, 15) is 9.59 Å². The number of aromatic nitrogens is 1. The van der Waals surface area contributed by atoms with Gasteiger partial charge in [-0.25, -0.2) is 4.79 Å². The Morgan fingerprint density at radius 1 is 1.44 bits per heavy atom. The third kappa shape index (κ3) is 2.32. The van der Waals surface area contributed by atoms with Crippen LogP contribution in [0.25, 0.3) is 0 Å². The topological polar surface area (TPSA) is 59.3 Å². The lowest BCUT2D eigenvalue weighted by molar-refractivity contribution is 0.0694. The second kappa shape index (κ2) is 4.96. The number of carboxylic acids is 1. The maximum Gasteiger partial charge on any atom is 0.341 e. The number of carbonyl (C=O) groups is 1. The summed E-state index contributed by atoms with van der Waals surface area (Å²) in [6.07, 6.45) is 1.85. The van der Waals surface area contributed by atoms with E-state index in [0.29, 0.717) is 6.54 Å². The van der Waals surface area contributed by atoms with Gasteiger partial charge in [0.2, 0.25) is 0 Å². The molecule has 88 valence electrons. The Morgan fingerprint density at radius 3 is 2.56 bits per heavy atom. The van der Waals surface area contributed by atoms with Crippen molar-refractivity contribution >= 4 is 5.97 Å². The van der Waals surface area contributed by atoms with E-state index in [1.54, 1.807) is 4.57 Å². The molecule has 1 rings (SSSR count). The van der Waals surface area contributed by atoms with E-state index in [2.05, 4.69) is 0 Å². The average molecular weight is 223 g/mol. The molecule has 0 unspecified atom stereocenters. The van der Waals surface area contributed by atoms with Crippen LogP contribution in [0.5, 0.6) is 0 Å². The summed E-state index contributed by atoms with van der Waals surface area (Å²) in [4.78, 5) is 22.8. The Morgan fingerprint density at radius 2 is 2.06 bits per heavy atom. The Kier molecular flexibility index (Phi) is 3.88. The minimum Gasteiger partial charge on any atom is -0.477 e. The minimum absolute atomic E-state index is 0.140. The summed E-state index contributed by atoms with van der Waals surface area (Å²) in [5.41, 5.74) is 1.15. The normalized spacial score (nSPS) is 10.4. The molecular weight excluding hydrogens is 206 g/mol. The lowest BCUT2D eigenvalue weighted by atomic mass is 10.1. The molecule has 0 fully saturated rings. The largest absolute Gasteiger partial charge is 0.477 e. The van der Waals surface area contributed by atoms with Crippen LogP contribution >= 0.6 is 0 Å². The van der Waals surface area contributed by atoms with E-state index < -0.39 is 11.5 Å². The third-order valence-electron chi connectivity index (χ3n) is 2.78. The summed E-state index contributed by atoms with van der Waals surface area (Å²) in [5, 5.41) is 8.92. The minimum atomic E-state index is -1.15. The van der Waals surface area contributed by atoms with Crippen molar-refractivity contribution in [2.75, 3.05) is 0 Å². The molecule has 16 heavy (non-hydrogen) atoms. The van der Waals surface area contributed by atoms with Gasteiger partial charge in [-0.15, -0.1) is 0 Å². The Balaban J connectivity index is 3.34. The molecule has 1 aromatic heterocycles. The molecule has 1 aromatic rings. The fraction of sp³-hybridized carbons (Fsp3) is 0.500. The third-order valence-corrected chi connectivity index (χ3v) is 2.78. The SMILES string of the molecule is CCCCn1c(C)c(C)cc(C(=O)O)c1=O. The van der Waals surface area contributed by atoms with Crippen LogP contribution < -0.4 is 5.56 Å². The fourth-order valence-corrected chi connectivity index (χ4v) is 1.63. The van der Waals surface area contributed by atoms with Crippen molar-refractivity contribution in [3.05, 3.63) is 33.2 Å². The first-order valence-electron chi connectivity index (χ1n) is 5.43. The van der Waals surface area contributed by atoms with Gasteiger partial charge in [-0.2, -0.15) is 0 Å². The number of unbranched alkanes of at least 4 members (excludes halogenated alkanes) is 1. The number of aromatic carboxylic acids is 1. The summed E-state index contributed by atoms with van der Waals surface area (Å²) in [6, 6.07) is 1.45. The molecule has 0 saturated carbocycles. The summed E-state index contributed by atoms with van der Waals surface area (Å²) >= 11 is 0. The highest BCUT2D eigenvalue weighted by Gasteiger charge is 2.14. The molecule has 4 nitrogen and oxygen atoms in total. The molecule has 0 atom stereocenters. The van der Waals surface area contributed by atoms with Crippen LogP contribution in [0.2, 0.25) is 0 Å². The number of pyridine rings is 1. The molecule has 4 heteroatoms. The molecular formula is C12H17NO3. The molecule has 0 bridgehead atoms. The van der Waals surface area contributed by atoms with E-state index in [0.717, 1.165) is 24.1 Å². The van der Waals surface area contributed by atoms with Crippen molar-refractivity contribution in [3.63, 3.8) is 0 Å². The molecule has 0 aliphatic heterocycles. The molecule has 0 amide bonds. The molecule has 0 aliphatic carbocycles. The van der Waals surface area contributed by atoms with Crippen molar-refractivity contribution in [3.8, 4) is 0 Å². The highest BCUT2D eigenvalue weighted by atomic mass is 16.4. The second-order valence-corrected chi connectivity index (χ2v) is 3.94. The van der Waals surface area contributed by atoms with Crippen LogP contribution in [0.1, 0.15) is 41.4 Å². The van der Waals surface area contributed by atoms with Crippen molar-refractivity contribution in [2.45, 2.75) is 40.2 Å². The summed E-state index contributed by atoms with van der Waals surface area (Å²) in [5.74, 6) is -1.15. The number of carboxylic acid groups (broad SMARTS) is 1. The van der Waals surface area contributed by atoms with Crippen LogP contribution in [0.15, 0.2) is 10.9 Å². The monoisotopic (exact) mass is 223 g/mol.